The van der Waals surface area contributed by atoms with Gasteiger partial charge in [-0.25, -0.2) is 0 Å². The average molecular weight is 301 g/mol. The van der Waals surface area contributed by atoms with Crippen LogP contribution in [0.15, 0.2) is 0 Å². The van der Waals surface area contributed by atoms with Gasteiger partial charge in [0, 0.05) is 31.2 Å². The predicted molar refractivity (Wildman–Crippen MR) is 79.6 cm³/mol. The Morgan fingerprint density at radius 2 is 1.95 bits per heavy atom. The second-order valence-electron chi connectivity index (χ2n) is 7.17. The lowest BCUT2D eigenvalue weighted by Gasteiger charge is -2.41. The molecule has 0 bridgehead atoms. The van der Waals surface area contributed by atoms with E-state index in [1.807, 2.05) is 6.92 Å². The smallest absolute Gasteiger partial charge is 0.282 e. The van der Waals surface area contributed by atoms with E-state index in [9.17, 15) is 8.42 Å². The Labute approximate surface area is 122 Å². The van der Waals surface area contributed by atoms with E-state index in [1.54, 1.807) is 8.61 Å². The predicted octanol–water partition coefficient (Wildman–Crippen LogP) is 1.04. The summed E-state index contributed by atoms with van der Waals surface area (Å²) in [7, 11) is -3.32. The summed E-state index contributed by atoms with van der Waals surface area (Å²) in [4.78, 5) is 0. The molecule has 3 atom stereocenters. The molecule has 5 nitrogen and oxygen atoms in total. The highest BCUT2D eigenvalue weighted by molar-refractivity contribution is 7.86. The summed E-state index contributed by atoms with van der Waals surface area (Å²) in [6.45, 7) is 9.49. The van der Waals surface area contributed by atoms with Gasteiger partial charge in [-0.05, 0) is 52.0 Å². The Kier molecular flexibility index (Phi) is 3.64. The topological polar surface area (TPSA) is 52.7 Å². The van der Waals surface area contributed by atoms with Crippen LogP contribution in [0.4, 0.5) is 0 Å². The van der Waals surface area contributed by atoms with E-state index in [4.69, 9.17) is 0 Å². The fourth-order valence-corrected chi connectivity index (χ4v) is 6.60. The molecule has 1 N–H and O–H groups in total. The van der Waals surface area contributed by atoms with Crippen molar-refractivity contribution in [3.63, 3.8) is 0 Å². The van der Waals surface area contributed by atoms with Gasteiger partial charge in [0.15, 0.2) is 0 Å². The molecule has 3 heterocycles. The summed E-state index contributed by atoms with van der Waals surface area (Å²) in [5.41, 5.74) is -0.274. The molecule has 3 unspecified atom stereocenters. The van der Waals surface area contributed by atoms with Crippen LogP contribution >= 0.6 is 0 Å². The third-order valence-electron chi connectivity index (χ3n) is 5.61. The van der Waals surface area contributed by atoms with Crippen LogP contribution < -0.4 is 5.32 Å². The van der Waals surface area contributed by atoms with Gasteiger partial charge in [-0.3, -0.25) is 0 Å². The number of nitrogens with one attached hydrogen (secondary N) is 1. The number of rotatable bonds is 2. The van der Waals surface area contributed by atoms with Gasteiger partial charge in [-0.15, -0.1) is 0 Å². The Morgan fingerprint density at radius 3 is 2.60 bits per heavy atom. The van der Waals surface area contributed by atoms with Crippen molar-refractivity contribution in [3.05, 3.63) is 0 Å². The summed E-state index contributed by atoms with van der Waals surface area (Å²) in [6.07, 6.45) is 3.12. The van der Waals surface area contributed by atoms with Crippen LogP contribution in [0.5, 0.6) is 0 Å². The Balaban J connectivity index is 1.88. The summed E-state index contributed by atoms with van der Waals surface area (Å²) >= 11 is 0. The van der Waals surface area contributed by atoms with Crippen LogP contribution in [0, 0.1) is 11.8 Å². The number of fused-ring (bicyclic) bond motifs is 1. The molecule has 116 valence electrons. The van der Waals surface area contributed by atoms with Crippen molar-refractivity contribution in [2.75, 3.05) is 26.2 Å². The van der Waals surface area contributed by atoms with Crippen molar-refractivity contribution in [1.82, 2.24) is 13.9 Å². The molecule has 20 heavy (non-hydrogen) atoms. The molecule has 0 aromatic heterocycles. The molecule has 0 aliphatic carbocycles. The molecule has 0 radical (unpaired) electrons. The summed E-state index contributed by atoms with van der Waals surface area (Å²) in [5, 5.41) is 3.41. The van der Waals surface area contributed by atoms with Crippen LogP contribution in [-0.4, -0.2) is 54.8 Å². The third kappa shape index (κ3) is 2.12. The lowest BCUT2D eigenvalue weighted by Crippen LogP contribution is -2.55. The van der Waals surface area contributed by atoms with Crippen LogP contribution in [0.2, 0.25) is 0 Å². The number of hydrogen-bond donors (Lipinski definition) is 1. The molecule has 0 spiro atoms. The van der Waals surface area contributed by atoms with Gasteiger partial charge in [0.1, 0.15) is 0 Å². The Hall–Kier alpha value is -0.170. The third-order valence-corrected chi connectivity index (χ3v) is 7.92. The van der Waals surface area contributed by atoms with Crippen LogP contribution in [-0.2, 0) is 10.2 Å². The van der Waals surface area contributed by atoms with Crippen molar-refractivity contribution < 1.29 is 8.42 Å². The minimum atomic E-state index is -3.32. The summed E-state index contributed by atoms with van der Waals surface area (Å²) in [5.74, 6) is 0.914. The van der Waals surface area contributed by atoms with E-state index in [2.05, 4.69) is 19.2 Å². The zero-order valence-electron chi connectivity index (χ0n) is 12.8. The Bertz CT molecular complexity index is 477. The zero-order chi connectivity index (χ0) is 14.5. The molecule has 0 amide bonds. The fourth-order valence-electron chi connectivity index (χ4n) is 4.32. The van der Waals surface area contributed by atoms with Gasteiger partial charge >= 0.3 is 0 Å². The normalized spacial score (nSPS) is 39.0. The molecule has 0 saturated carbocycles. The molecule has 3 saturated heterocycles. The van der Waals surface area contributed by atoms with Crippen molar-refractivity contribution in [2.24, 2.45) is 11.8 Å². The largest absolute Gasteiger partial charge is 0.316 e. The minimum Gasteiger partial charge on any atom is -0.316 e. The number of nitrogens with zero attached hydrogens (tertiary/aromatic N) is 2. The first-order valence-corrected chi connectivity index (χ1v) is 9.25. The molecule has 3 rings (SSSR count). The van der Waals surface area contributed by atoms with Crippen molar-refractivity contribution in [3.8, 4) is 0 Å². The lowest BCUT2D eigenvalue weighted by atomic mass is 9.85. The van der Waals surface area contributed by atoms with Crippen molar-refractivity contribution >= 4 is 10.2 Å². The monoisotopic (exact) mass is 301 g/mol. The Morgan fingerprint density at radius 1 is 1.20 bits per heavy atom. The first-order valence-electron chi connectivity index (χ1n) is 7.85. The first kappa shape index (κ1) is 14.8. The van der Waals surface area contributed by atoms with E-state index in [1.165, 1.54) is 0 Å². The molecule has 0 aromatic rings. The maximum atomic E-state index is 13.1. The van der Waals surface area contributed by atoms with E-state index in [0.29, 0.717) is 24.9 Å². The summed E-state index contributed by atoms with van der Waals surface area (Å²) in [6, 6.07) is 0.142. The fraction of sp³-hybridized carbons (Fsp3) is 1.00. The summed E-state index contributed by atoms with van der Waals surface area (Å²) < 4.78 is 29.7. The minimum absolute atomic E-state index is 0.142. The van der Waals surface area contributed by atoms with E-state index in [-0.39, 0.29) is 11.6 Å². The van der Waals surface area contributed by atoms with Gasteiger partial charge in [-0.2, -0.15) is 17.0 Å². The highest BCUT2D eigenvalue weighted by Gasteiger charge is 2.55. The molecule has 3 aliphatic heterocycles. The number of hydrogen-bond acceptors (Lipinski definition) is 3. The molecule has 3 aliphatic rings. The van der Waals surface area contributed by atoms with Gasteiger partial charge in [0.05, 0.1) is 0 Å². The van der Waals surface area contributed by atoms with Gasteiger partial charge < -0.3 is 5.32 Å². The molecule has 3 fully saturated rings. The van der Waals surface area contributed by atoms with Gasteiger partial charge in [0.2, 0.25) is 0 Å². The standard InChI is InChI=1S/C14H27N3O2S/c1-11-6-4-5-7-16(11)20(18,19)17-10-12-8-15-9-13(12)14(17,2)3/h11-13,15H,4-10H2,1-3H3. The quantitative estimate of drug-likeness (QED) is 0.829. The van der Waals surface area contributed by atoms with Crippen molar-refractivity contribution in [2.45, 2.75) is 51.6 Å². The first-order chi connectivity index (χ1) is 9.35. The molecular formula is C14H27N3O2S. The van der Waals surface area contributed by atoms with E-state index >= 15 is 0 Å². The molecular weight excluding hydrogens is 274 g/mol. The number of piperidine rings is 1. The lowest BCUT2D eigenvalue weighted by molar-refractivity contribution is 0.194. The maximum absolute atomic E-state index is 13.1. The van der Waals surface area contributed by atoms with Crippen molar-refractivity contribution in [1.29, 1.82) is 0 Å². The van der Waals surface area contributed by atoms with E-state index in [0.717, 1.165) is 32.4 Å². The second kappa shape index (κ2) is 4.93. The van der Waals surface area contributed by atoms with E-state index < -0.39 is 10.2 Å². The SMILES string of the molecule is CC1CCCCN1S(=O)(=O)N1CC2CNCC2C1(C)C. The second-order valence-corrected chi connectivity index (χ2v) is 8.98. The zero-order valence-corrected chi connectivity index (χ0v) is 13.6. The average Bonchev–Trinajstić information content (AvgIpc) is 2.92. The van der Waals surface area contributed by atoms with Crippen LogP contribution in [0.1, 0.15) is 40.0 Å². The highest BCUT2D eigenvalue weighted by atomic mass is 32.2. The molecule has 0 aromatic carbocycles. The van der Waals surface area contributed by atoms with Crippen LogP contribution in [0.25, 0.3) is 0 Å². The van der Waals surface area contributed by atoms with Gasteiger partial charge in [0.25, 0.3) is 10.2 Å². The highest BCUT2D eigenvalue weighted by Crippen LogP contribution is 2.43. The maximum Gasteiger partial charge on any atom is 0.282 e. The molecule has 6 heteroatoms. The van der Waals surface area contributed by atoms with Gasteiger partial charge in [-0.1, -0.05) is 6.42 Å². The van der Waals surface area contributed by atoms with Crippen LogP contribution in [0.3, 0.4) is 0 Å².